The fourth-order valence-electron chi connectivity index (χ4n) is 2.57. The summed E-state index contributed by atoms with van der Waals surface area (Å²) in [5, 5.41) is 4.72. The van der Waals surface area contributed by atoms with E-state index in [1.54, 1.807) is 0 Å². The lowest BCUT2D eigenvalue weighted by molar-refractivity contribution is 0.641. The smallest absolute Gasteiger partial charge is 0.0642 e. The Hall–Kier alpha value is -1.38. The van der Waals surface area contributed by atoms with E-state index in [9.17, 15) is 0 Å². The molecule has 0 spiro atoms. The van der Waals surface area contributed by atoms with Gasteiger partial charge in [0.1, 0.15) is 0 Å². The third-order valence-electron chi connectivity index (χ3n) is 3.71. The van der Waals surface area contributed by atoms with Gasteiger partial charge in [0.2, 0.25) is 0 Å². The van der Waals surface area contributed by atoms with Gasteiger partial charge in [-0.05, 0) is 30.7 Å². The molecule has 0 fully saturated rings. The summed E-state index contributed by atoms with van der Waals surface area (Å²) in [7, 11) is 0. The monoisotopic (exact) mass is 306 g/mol. The van der Waals surface area contributed by atoms with E-state index in [0.717, 1.165) is 18.7 Å². The number of para-hydroxylation sites is 2. The Labute approximate surface area is 129 Å². The van der Waals surface area contributed by atoms with E-state index >= 15 is 0 Å². The number of rotatable bonds is 2. The van der Waals surface area contributed by atoms with Crippen molar-refractivity contribution < 1.29 is 0 Å². The SMILES string of the molecule is CC1CNc2ccccc2N1Cc1cccc(Cl)c1Cl. The Morgan fingerprint density at radius 3 is 2.80 bits per heavy atom. The average Bonchev–Trinajstić information content (AvgIpc) is 2.46. The van der Waals surface area contributed by atoms with Crippen LogP contribution in [0.4, 0.5) is 11.4 Å². The van der Waals surface area contributed by atoms with Gasteiger partial charge in [-0.25, -0.2) is 0 Å². The van der Waals surface area contributed by atoms with Gasteiger partial charge in [0, 0.05) is 19.1 Å². The first kappa shape index (κ1) is 13.6. The van der Waals surface area contributed by atoms with Gasteiger partial charge >= 0.3 is 0 Å². The van der Waals surface area contributed by atoms with Gasteiger partial charge in [-0.3, -0.25) is 0 Å². The van der Waals surface area contributed by atoms with Gasteiger partial charge in [-0.1, -0.05) is 47.5 Å². The van der Waals surface area contributed by atoms with Crippen LogP contribution in [0, 0.1) is 0 Å². The van der Waals surface area contributed by atoms with E-state index in [1.165, 1.54) is 11.4 Å². The van der Waals surface area contributed by atoms with E-state index in [2.05, 4.69) is 35.3 Å². The molecule has 1 heterocycles. The fraction of sp³-hybridized carbons (Fsp3) is 0.250. The van der Waals surface area contributed by atoms with Crippen LogP contribution in [0.3, 0.4) is 0 Å². The van der Waals surface area contributed by atoms with Crippen molar-refractivity contribution in [3.63, 3.8) is 0 Å². The highest BCUT2D eigenvalue weighted by Gasteiger charge is 2.23. The van der Waals surface area contributed by atoms with Gasteiger partial charge in [-0.15, -0.1) is 0 Å². The van der Waals surface area contributed by atoms with Crippen molar-refractivity contribution in [1.29, 1.82) is 0 Å². The van der Waals surface area contributed by atoms with Crippen LogP contribution in [-0.4, -0.2) is 12.6 Å². The zero-order valence-corrected chi connectivity index (χ0v) is 12.7. The predicted molar refractivity (Wildman–Crippen MR) is 87.0 cm³/mol. The van der Waals surface area contributed by atoms with Crippen LogP contribution < -0.4 is 10.2 Å². The quantitative estimate of drug-likeness (QED) is 0.856. The number of benzene rings is 2. The largest absolute Gasteiger partial charge is 0.381 e. The standard InChI is InChI=1S/C16H16Cl2N2/c1-11-9-19-14-7-2-3-8-15(14)20(11)10-12-5-4-6-13(17)16(12)18/h2-8,11,19H,9-10H2,1H3. The van der Waals surface area contributed by atoms with Crippen LogP contribution in [0.25, 0.3) is 0 Å². The van der Waals surface area contributed by atoms with Crippen molar-refractivity contribution >= 4 is 34.6 Å². The van der Waals surface area contributed by atoms with E-state index in [1.807, 2.05) is 24.3 Å². The number of halogens is 2. The van der Waals surface area contributed by atoms with E-state index in [0.29, 0.717) is 16.1 Å². The molecule has 0 saturated carbocycles. The minimum absolute atomic E-state index is 0.403. The van der Waals surface area contributed by atoms with Gasteiger partial charge in [0.15, 0.2) is 0 Å². The fourth-order valence-corrected chi connectivity index (χ4v) is 2.95. The Kier molecular flexibility index (Phi) is 3.77. The Bertz CT molecular complexity index is 628. The summed E-state index contributed by atoms with van der Waals surface area (Å²) in [5.41, 5.74) is 3.44. The van der Waals surface area contributed by atoms with Crippen molar-refractivity contribution in [1.82, 2.24) is 0 Å². The van der Waals surface area contributed by atoms with E-state index in [-0.39, 0.29) is 0 Å². The molecule has 1 N–H and O–H groups in total. The number of nitrogens with one attached hydrogen (secondary N) is 1. The second-order valence-corrected chi connectivity index (χ2v) is 5.87. The summed E-state index contributed by atoms with van der Waals surface area (Å²) in [5.74, 6) is 0. The summed E-state index contributed by atoms with van der Waals surface area (Å²) >= 11 is 12.4. The first-order valence-electron chi connectivity index (χ1n) is 6.69. The van der Waals surface area contributed by atoms with Crippen molar-refractivity contribution in [3.05, 3.63) is 58.1 Å². The highest BCUT2D eigenvalue weighted by atomic mass is 35.5. The molecule has 1 atom stereocenters. The predicted octanol–water partition coefficient (Wildman–Crippen LogP) is 4.81. The van der Waals surface area contributed by atoms with E-state index in [4.69, 9.17) is 23.2 Å². The van der Waals surface area contributed by atoms with Gasteiger partial charge < -0.3 is 10.2 Å². The van der Waals surface area contributed by atoms with E-state index < -0.39 is 0 Å². The lowest BCUT2D eigenvalue weighted by atomic mass is 10.1. The number of nitrogens with zero attached hydrogens (tertiary/aromatic N) is 1. The van der Waals surface area contributed by atoms with Gasteiger partial charge in [0.05, 0.1) is 21.4 Å². The van der Waals surface area contributed by atoms with Crippen LogP contribution >= 0.6 is 23.2 Å². The Morgan fingerprint density at radius 2 is 1.95 bits per heavy atom. The molecule has 0 amide bonds. The zero-order valence-electron chi connectivity index (χ0n) is 11.2. The highest BCUT2D eigenvalue weighted by molar-refractivity contribution is 6.42. The molecule has 0 saturated heterocycles. The first-order chi connectivity index (χ1) is 9.66. The van der Waals surface area contributed by atoms with Gasteiger partial charge in [0.25, 0.3) is 0 Å². The molecule has 2 aromatic rings. The average molecular weight is 307 g/mol. The third-order valence-corrected chi connectivity index (χ3v) is 4.56. The van der Waals surface area contributed by atoms with Crippen LogP contribution in [0.2, 0.25) is 10.0 Å². The second kappa shape index (κ2) is 5.55. The molecule has 104 valence electrons. The summed E-state index contributed by atoms with van der Waals surface area (Å²) in [4.78, 5) is 2.36. The third kappa shape index (κ3) is 2.46. The van der Waals surface area contributed by atoms with Crippen molar-refractivity contribution in [2.24, 2.45) is 0 Å². The van der Waals surface area contributed by atoms with Crippen LogP contribution in [0.5, 0.6) is 0 Å². The normalized spacial score (nSPS) is 17.6. The molecule has 20 heavy (non-hydrogen) atoms. The summed E-state index contributed by atoms with van der Waals surface area (Å²) in [6.07, 6.45) is 0. The molecular weight excluding hydrogens is 291 g/mol. The number of hydrogen-bond donors (Lipinski definition) is 1. The highest BCUT2D eigenvalue weighted by Crippen LogP contribution is 2.34. The minimum Gasteiger partial charge on any atom is -0.381 e. The topological polar surface area (TPSA) is 15.3 Å². The van der Waals surface area contributed by atoms with Crippen LogP contribution in [-0.2, 0) is 6.54 Å². The van der Waals surface area contributed by atoms with Crippen molar-refractivity contribution in [2.75, 3.05) is 16.8 Å². The maximum atomic E-state index is 6.31. The number of anilines is 2. The maximum absolute atomic E-state index is 6.31. The molecule has 2 aromatic carbocycles. The maximum Gasteiger partial charge on any atom is 0.0642 e. The first-order valence-corrected chi connectivity index (χ1v) is 7.45. The zero-order chi connectivity index (χ0) is 14.1. The second-order valence-electron chi connectivity index (χ2n) is 5.09. The summed E-state index contributed by atoms with van der Waals surface area (Å²) in [6.45, 7) is 3.90. The molecular formula is C16H16Cl2N2. The van der Waals surface area contributed by atoms with Gasteiger partial charge in [-0.2, -0.15) is 0 Å². The molecule has 1 aliphatic heterocycles. The van der Waals surface area contributed by atoms with Crippen molar-refractivity contribution in [2.45, 2.75) is 19.5 Å². The molecule has 0 radical (unpaired) electrons. The Balaban J connectivity index is 1.96. The molecule has 4 heteroatoms. The lowest BCUT2D eigenvalue weighted by Crippen LogP contribution is -2.41. The van der Waals surface area contributed by atoms with Crippen molar-refractivity contribution in [3.8, 4) is 0 Å². The summed E-state index contributed by atoms with van der Waals surface area (Å²) in [6, 6.07) is 14.6. The molecule has 3 rings (SSSR count). The number of fused-ring (bicyclic) bond motifs is 1. The minimum atomic E-state index is 0.403. The molecule has 0 aromatic heterocycles. The van der Waals surface area contributed by atoms with Crippen LogP contribution in [0.1, 0.15) is 12.5 Å². The molecule has 2 nitrogen and oxygen atoms in total. The van der Waals surface area contributed by atoms with Crippen LogP contribution in [0.15, 0.2) is 42.5 Å². The Morgan fingerprint density at radius 1 is 1.15 bits per heavy atom. The molecule has 1 aliphatic rings. The number of hydrogen-bond acceptors (Lipinski definition) is 2. The lowest BCUT2D eigenvalue weighted by Gasteiger charge is -2.38. The summed E-state index contributed by atoms with van der Waals surface area (Å²) < 4.78 is 0. The molecule has 0 bridgehead atoms. The molecule has 0 aliphatic carbocycles. The molecule has 1 unspecified atom stereocenters.